The molecule has 0 aromatic carbocycles. The second-order valence-corrected chi connectivity index (χ2v) is 8.57. The Kier molecular flexibility index (Phi) is 3.15. The molecule has 1 aliphatic heterocycles. The summed E-state index contributed by atoms with van der Waals surface area (Å²) in [5.74, 6) is 3.43. The van der Waals surface area contributed by atoms with Crippen molar-refractivity contribution >= 4 is 5.91 Å². The van der Waals surface area contributed by atoms with Crippen LogP contribution in [0, 0.1) is 29.1 Å². The number of aliphatic hydroxyl groups excluding tert-OH is 1. The molecule has 4 rings (SSSR count). The Morgan fingerprint density at radius 3 is 2.76 bits per heavy atom. The van der Waals surface area contributed by atoms with Crippen molar-refractivity contribution in [3.8, 4) is 0 Å². The van der Waals surface area contributed by atoms with Crippen LogP contribution in [0.1, 0.15) is 58.3 Å². The maximum Gasteiger partial charge on any atom is 0.222 e. The number of piperidine rings is 1. The third-order valence-electron chi connectivity index (χ3n) is 7.66. The average Bonchev–Trinajstić information content (AvgIpc) is 2.77. The van der Waals surface area contributed by atoms with Gasteiger partial charge in [0.1, 0.15) is 0 Å². The summed E-state index contributed by atoms with van der Waals surface area (Å²) in [6, 6.07) is 0.503. The van der Waals surface area contributed by atoms with Gasteiger partial charge in [0.05, 0.1) is 6.10 Å². The van der Waals surface area contributed by atoms with Crippen LogP contribution in [0.4, 0.5) is 0 Å². The summed E-state index contributed by atoms with van der Waals surface area (Å²) >= 11 is 0. The van der Waals surface area contributed by atoms with Crippen LogP contribution in [0.25, 0.3) is 0 Å². The molecule has 3 saturated carbocycles. The predicted octanol–water partition coefficient (Wildman–Crippen LogP) is 2.82. The number of rotatable bonds is 0. The van der Waals surface area contributed by atoms with Crippen LogP contribution in [0.15, 0.2) is 0 Å². The van der Waals surface area contributed by atoms with Gasteiger partial charge in [0.15, 0.2) is 0 Å². The SMILES string of the molecule is CN1C(=O)CC[C@@H]2C3CC[C@]4(C)C[C@@H](O)CC4C3CC[C@H]21. The van der Waals surface area contributed by atoms with E-state index in [2.05, 4.69) is 11.8 Å². The molecule has 0 radical (unpaired) electrons. The largest absolute Gasteiger partial charge is 0.393 e. The first-order valence-corrected chi connectivity index (χ1v) is 8.93. The monoisotopic (exact) mass is 291 g/mol. The van der Waals surface area contributed by atoms with E-state index in [1.165, 1.54) is 25.7 Å². The number of aliphatic hydroxyl groups is 1. The van der Waals surface area contributed by atoms with Crippen molar-refractivity contribution in [2.45, 2.75) is 70.4 Å². The summed E-state index contributed by atoms with van der Waals surface area (Å²) in [4.78, 5) is 14.0. The quantitative estimate of drug-likeness (QED) is 0.745. The highest BCUT2D eigenvalue weighted by Crippen LogP contribution is 2.61. The van der Waals surface area contributed by atoms with E-state index in [0.29, 0.717) is 17.4 Å². The van der Waals surface area contributed by atoms with Crippen LogP contribution in [-0.4, -0.2) is 35.1 Å². The van der Waals surface area contributed by atoms with E-state index in [-0.39, 0.29) is 6.10 Å². The molecule has 0 aromatic rings. The minimum Gasteiger partial charge on any atom is -0.393 e. The van der Waals surface area contributed by atoms with Gasteiger partial charge >= 0.3 is 0 Å². The van der Waals surface area contributed by atoms with Crippen molar-refractivity contribution in [1.29, 1.82) is 0 Å². The lowest BCUT2D eigenvalue weighted by Crippen LogP contribution is -2.55. The molecule has 118 valence electrons. The smallest absolute Gasteiger partial charge is 0.222 e. The molecule has 0 spiro atoms. The molecule has 21 heavy (non-hydrogen) atoms. The molecule has 3 nitrogen and oxygen atoms in total. The van der Waals surface area contributed by atoms with Gasteiger partial charge in [-0.1, -0.05) is 6.92 Å². The number of hydrogen-bond acceptors (Lipinski definition) is 2. The van der Waals surface area contributed by atoms with Crippen molar-refractivity contribution in [3.05, 3.63) is 0 Å². The Morgan fingerprint density at radius 1 is 1.14 bits per heavy atom. The number of likely N-dealkylation sites (tertiary alicyclic amines) is 1. The summed E-state index contributed by atoms with van der Waals surface area (Å²) in [7, 11) is 2.02. The molecule has 1 saturated heterocycles. The van der Waals surface area contributed by atoms with Crippen LogP contribution >= 0.6 is 0 Å². The highest BCUT2D eigenvalue weighted by Gasteiger charge is 2.56. The van der Waals surface area contributed by atoms with Gasteiger partial charge in [0.2, 0.25) is 5.91 Å². The van der Waals surface area contributed by atoms with E-state index < -0.39 is 0 Å². The average molecular weight is 291 g/mol. The summed E-state index contributed by atoms with van der Waals surface area (Å²) in [6.45, 7) is 2.42. The first-order chi connectivity index (χ1) is 9.99. The molecule has 0 bridgehead atoms. The maximum absolute atomic E-state index is 12.0. The number of fused-ring (bicyclic) bond motifs is 5. The first kappa shape index (κ1) is 14.0. The third kappa shape index (κ3) is 1.99. The molecular weight excluding hydrogens is 262 g/mol. The van der Waals surface area contributed by atoms with Crippen molar-refractivity contribution < 1.29 is 9.90 Å². The fourth-order valence-electron chi connectivity index (χ4n) is 6.69. The van der Waals surface area contributed by atoms with Crippen LogP contribution in [0.2, 0.25) is 0 Å². The molecule has 0 aromatic heterocycles. The maximum atomic E-state index is 12.0. The first-order valence-electron chi connectivity index (χ1n) is 8.93. The van der Waals surface area contributed by atoms with Crippen molar-refractivity contribution in [1.82, 2.24) is 4.90 Å². The Balaban J connectivity index is 1.59. The van der Waals surface area contributed by atoms with Gasteiger partial charge in [-0.25, -0.2) is 0 Å². The van der Waals surface area contributed by atoms with Gasteiger partial charge in [0, 0.05) is 19.5 Å². The summed E-state index contributed by atoms with van der Waals surface area (Å²) in [5, 5.41) is 10.2. The summed E-state index contributed by atoms with van der Waals surface area (Å²) < 4.78 is 0. The van der Waals surface area contributed by atoms with E-state index in [4.69, 9.17) is 0 Å². The molecule has 4 aliphatic rings. The van der Waals surface area contributed by atoms with Crippen LogP contribution in [0.3, 0.4) is 0 Å². The lowest BCUT2D eigenvalue weighted by molar-refractivity contribution is -0.143. The lowest BCUT2D eigenvalue weighted by atomic mass is 9.52. The molecule has 1 heterocycles. The molecule has 7 atom stereocenters. The molecule has 3 unspecified atom stereocenters. The minimum absolute atomic E-state index is 0.0629. The fourth-order valence-corrected chi connectivity index (χ4v) is 6.69. The van der Waals surface area contributed by atoms with Crippen LogP contribution in [-0.2, 0) is 4.79 Å². The van der Waals surface area contributed by atoms with E-state index in [1.807, 2.05) is 7.05 Å². The van der Waals surface area contributed by atoms with Gasteiger partial charge in [-0.15, -0.1) is 0 Å². The Hall–Kier alpha value is -0.570. The van der Waals surface area contributed by atoms with E-state index in [1.54, 1.807) is 0 Å². The molecular formula is C18H29NO2. The number of carbonyl (C=O) groups is 1. The number of amides is 1. The molecule has 1 N–H and O–H groups in total. The van der Waals surface area contributed by atoms with E-state index >= 15 is 0 Å². The number of carbonyl (C=O) groups excluding carboxylic acids is 1. The standard InChI is InChI=1S/C18H29NO2/c1-18-8-7-12-13(15(18)9-11(20)10-18)3-5-16-14(12)4-6-17(21)19(16)2/h11-16,20H,3-10H2,1-2H3/t11-,12?,13?,14+,15?,16+,18+/m0/s1. The highest BCUT2D eigenvalue weighted by atomic mass is 16.3. The fraction of sp³-hybridized carbons (Fsp3) is 0.944. The zero-order valence-corrected chi connectivity index (χ0v) is 13.4. The van der Waals surface area contributed by atoms with Gasteiger partial charge < -0.3 is 10.0 Å². The minimum atomic E-state index is -0.0629. The normalized spacial score (nSPS) is 53.1. The van der Waals surface area contributed by atoms with E-state index in [9.17, 15) is 9.90 Å². The summed E-state index contributed by atoms with van der Waals surface area (Å²) in [6.07, 6.45) is 8.94. The molecule has 1 amide bonds. The Labute approximate surface area is 128 Å². The van der Waals surface area contributed by atoms with Crippen LogP contribution < -0.4 is 0 Å². The van der Waals surface area contributed by atoms with Crippen molar-refractivity contribution in [2.24, 2.45) is 29.1 Å². The molecule has 4 fully saturated rings. The topological polar surface area (TPSA) is 40.5 Å². The predicted molar refractivity (Wildman–Crippen MR) is 81.6 cm³/mol. The second kappa shape index (κ2) is 4.71. The van der Waals surface area contributed by atoms with Crippen molar-refractivity contribution in [2.75, 3.05) is 7.05 Å². The molecule has 3 heteroatoms. The van der Waals surface area contributed by atoms with E-state index in [0.717, 1.165) is 49.4 Å². The Morgan fingerprint density at radius 2 is 1.95 bits per heavy atom. The highest BCUT2D eigenvalue weighted by molar-refractivity contribution is 5.77. The zero-order chi connectivity index (χ0) is 14.8. The van der Waals surface area contributed by atoms with Crippen LogP contribution in [0.5, 0.6) is 0 Å². The molecule has 3 aliphatic carbocycles. The zero-order valence-electron chi connectivity index (χ0n) is 13.4. The summed E-state index contributed by atoms with van der Waals surface area (Å²) in [5.41, 5.74) is 0.393. The van der Waals surface area contributed by atoms with Crippen molar-refractivity contribution in [3.63, 3.8) is 0 Å². The third-order valence-corrected chi connectivity index (χ3v) is 7.66. The lowest BCUT2D eigenvalue weighted by Gasteiger charge is -2.56. The number of hydrogen-bond donors (Lipinski definition) is 1. The number of nitrogens with zero attached hydrogens (tertiary/aromatic N) is 1. The van der Waals surface area contributed by atoms with Gasteiger partial charge in [-0.2, -0.15) is 0 Å². The van der Waals surface area contributed by atoms with Gasteiger partial charge in [0.25, 0.3) is 0 Å². The van der Waals surface area contributed by atoms with Gasteiger partial charge in [-0.05, 0) is 74.0 Å². The Bertz CT molecular complexity index is 450. The second-order valence-electron chi connectivity index (χ2n) is 8.57. The van der Waals surface area contributed by atoms with Gasteiger partial charge in [-0.3, -0.25) is 4.79 Å².